The minimum Gasteiger partial charge on any atom is -0.454 e. The number of carbonyl (C=O) groups excluding carboxylic acids is 1. The molecule has 1 saturated heterocycles. The van der Waals surface area contributed by atoms with Gasteiger partial charge in [0.25, 0.3) is 5.91 Å². The molecule has 2 aromatic rings. The van der Waals surface area contributed by atoms with Gasteiger partial charge in [-0.25, -0.2) is 0 Å². The molecule has 0 spiro atoms. The predicted octanol–water partition coefficient (Wildman–Crippen LogP) is 0.778. The van der Waals surface area contributed by atoms with Crippen molar-refractivity contribution in [2.75, 3.05) is 33.0 Å². The predicted molar refractivity (Wildman–Crippen MR) is 100 cm³/mol. The number of rotatable bonds is 6. The van der Waals surface area contributed by atoms with E-state index >= 15 is 0 Å². The molecule has 0 aliphatic carbocycles. The van der Waals surface area contributed by atoms with E-state index in [-0.39, 0.29) is 12.7 Å². The molecule has 1 N–H and O–H groups in total. The SMILES string of the molecule is Cc1cc(CN(CC[NH+]2CCCC2)C(=O)c2ccc3c(c2)OCO3)n(C)n1. The number of benzene rings is 1. The lowest BCUT2D eigenvalue weighted by Crippen LogP contribution is -3.10. The van der Waals surface area contributed by atoms with Crippen LogP contribution in [0.1, 0.15) is 34.6 Å². The molecule has 0 bridgehead atoms. The molecule has 0 saturated carbocycles. The summed E-state index contributed by atoms with van der Waals surface area (Å²) in [5, 5.41) is 4.42. The fourth-order valence-electron chi connectivity index (χ4n) is 3.89. The van der Waals surface area contributed by atoms with Gasteiger partial charge >= 0.3 is 0 Å². The van der Waals surface area contributed by atoms with E-state index in [1.165, 1.54) is 25.9 Å². The fraction of sp³-hybridized carbons (Fsp3) is 0.500. The Balaban J connectivity index is 1.53. The van der Waals surface area contributed by atoms with E-state index in [9.17, 15) is 4.79 Å². The van der Waals surface area contributed by atoms with Gasteiger partial charge in [-0.1, -0.05) is 0 Å². The number of ether oxygens (including phenoxy) is 2. The molecule has 1 fully saturated rings. The third-order valence-corrected chi connectivity index (χ3v) is 5.40. The molecule has 0 unspecified atom stereocenters. The van der Waals surface area contributed by atoms with Gasteiger partial charge in [-0.15, -0.1) is 0 Å². The van der Waals surface area contributed by atoms with Crippen molar-refractivity contribution in [1.29, 1.82) is 0 Å². The van der Waals surface area contributed by atoms with Gasteiger partial charge in [0.2, 0.25) is 6.79 Å². The van der Waals surface area contributed by atoms with Gasteiger partial charge in [0, 0.05) is 25.5 Å². The van der Waals surface area contributed by atoms with E-state index in [4.69, 9.17) is 9.47 Å². The normalized spacial score (nSPS) is 16.1. The Morgan fingerprint density at radius 3 is 2.74 bits per heavy atom. The summed E-state index contributed by atoms with van der Waals surface area (Å²) in [6, 6.07) is 7.46. The zero-order valence-electron chi connectivity index (χ0n) is 16.0. The summed E-state index contributed by atoms with van der Waals surface area (Å²) in [6.07, 6.45) is 2.57. The smallest absolute Gasteiger partial charge is 0.254 e. The van der Waals surface area contributed by atoms with Crippen molar-refractivity contribution in [3.05, 3.63) is 41.2 Å². The molecule has 4 rings (SSSR count). The van der Waals surface area contributed by atoms with Crippen LogP contribution in [0.2, 0.25) is 0 Å². The first-order chi connectivity index (χ1) is 13.1. The number of quaternary nitrogens is 1. The number of aromatic nitrogens is 2. The molecule has 2 aliphatic rings. The number of hydrogen-bond donors (Lipinski definition) is 1. The van der Waals surface area contributed by atoms with Crippen molar-refractivity contribution in [3.8, 4) is 11.5 Å². The number of hydrogen-bond acceptors (Lipinski definition) is 4. The van der Waals surface area contributed by atoms with Crippen LogP contribution in [0.4, 0.5) is 0 Å². The number of nitrogens with one attached hydrogen (secondary N) is 1. The van der Waals surface area contributed by atoms with Gasteiger partial charge in [0.05, 0.1) is 44.1 Å². The molecule has 3 heterocycles. The Kier molecular flexibility index (Phi) is 5.03. The van der Waals surface area contributed by atoms with E-state index in [0.717, 1.165) is 24.5 Å². The first-order valence-corrected chi connectivity index (χ1v) is 9.62. The lowest BCUT2D eigenvalue weighted by Gasteiger charge is -2.24. The van der Waals surface area contributed by atoms with Crippen molar-refractivity contribution in [1.82, 2.24) is 14.7 Å². The Bertz CT molecular complexity index is 827. The largest absolute Gasteiger partial charge is 0.454 e. The third kappa shape index (κ3) is 3.93. The van der Waals surface area contributed by atoms with Gasteiger partial charge < -0.3 is 19.3 Å². The van der Waals surface area contributed by atoms with Crippen LogP contribution in [0.15, 0.2) is 24.3 Å². The van der Waals surface area contributed by atoms with Crippen molar-refractivity contribution < 1.29 is 19.2 Å². The van der Waals surface area contributed by atoms with Gasteiger partial charge in [-0.3, -0.25) is 9.48 Å². The summed E-state index contributed by atoms with van der Waals surface area (Å²) >= 11 is 0. The second-order valence-corrected chi connectivity index (χ2v) is 7.40. The molecule has 144 valence electrons. The summed E-state index contributed by atoms with van der Waals surface area (Å²) in [4.78, 5) is 16.8. The number of likely N-dealkylation sites (tertiary alicyclic amines) is 1. The van der Waals surface area contributed by atoms with Crippen LogP contribution in [0.3, 0.4) is 0 Å². The molecule has 1 aromatic carbocycles. The number of carbonyl (C=O) groups is 1. The Hall–Kier alpha value is -2.54. The first-order valence-electron chi connectivity index (χ1n) is 9.62. The van der Waals surface area contributed by atoms with Crippen LogP contribution in [0.5, 0.6) is 11.5 Å². The van der Waals surface area contributed by atoms with Crippen LogP contribution < -0.4 is 14.4 Å². The number of fused-ring (bicyclic) bond motifs is 1. The van der Waals surface area contributed by atoms with Gasteiger partial charge in [0.1, 0.15) is 0 Å². The molecule has 2 aliphatic heterocycles. The summed E-state index contributed by atoms with van der Waals surface area (Å²) in [7, 11) is 1.93. The summed E-state index contributed by atoms with van der Waals surface area (Å²) in [6.45, 7) is 6.86. The minimum absolute atomic E-state index is 0.0192. The zero-order chi connectivity index (χ0) is 18.8. The summed E-state index contributed by atoms with van der Waals surface area (Å²) in [5.74, 6) is 1.36. The summed E-state index contributed by atoms with van der Waals surface area (Å²) < 4.78 is 12.7. The van der Waals surface area contributed by atoms with E-state index in [0.29, 0.717) is 23.6 Å². The average Bonchev–Trinajstić information content (AvgIpc) is 3.39. The topological polar surface area (TPSA) is 61.0 Å². The van der Waals surface area contributed by atoms with Gasteiger partial charge in [0.15, 0.2) is 11.5 Å². The van der Waals surface area contributed by atoms with Crippen LogP contribution in [-0.2, 0) is 13.6 Å². The van der Waals surface area contributed by atoms with Crippen LogP contribution in [-0.4, -0.2) is 53.6 Å². The van der Waals surface area contributed by atoms with Crippen molar-refractivity contribution in [2.45, 2.75) is 26.3 Å². The molecule has 7 heteroatoms. The molecular weight excluding hydrogens is 344 g/mol. The fourth-order valence-corrected chi connectivity index (χ4v) is 3.89. The number of aryl methyl sites for hydroxylation is 2. The maximum Gasteiger partial charge on any atom is 0.254 e. The molecule has 0 atom stereocenters. The maximum absolute atomic E-state index is 13.3. The molecule has 7 nitrogen and oxygen atoms in total. The number of amides is 1. The number of nitrogens with zero attached hydrogens (tertiary/aromatic N) is 3. The third-order valence-electron chi connectivity index (χ3n) is 5.40. The molecule has 0 radical (unpaired) electrons. The van der Waals surface area contributed by atoms with Gasteiger partial charge in [-0.05, 0) is 31.2 Å². The highest BCUT2D eigenvalue weighted by atomic mass is 16.7. The Labute approximate surface area is 159 Å². The Morgan fingerprint density at radius 1 is 1.22 bits per heavy atom. The highest BCUT2D eigenvalue weighted by Crippen LogP contribution is 2.32. The first kappa shape index (κ1) is 17.9. The maximum atomic E-state index is 13.3. The highest BCUT2D eigenvalue weighted by molar-refractivity contribution is 5.95. The van der Waals surface area contributed by atoms with Crippen molar-refractivity contribution >= 4 is 5.91 Å². The second-order valence-electron chi connectivity index (χ2n) is 7.40. The molecule has 1 aromatic heterocycles. The van der Waals surface area contributed by atoms with E-state index in [1.54, 1.807) is 11.0 Å². The monoisotopic (exact) mass is 371 g/mol. The van der Waals surface area contributed by atoms with Crippen LogP contribution in [0, 0.1) is 6.92 Å². The van der Waals surface area contributed by atoms with Crippen LogP contribution >= 0.6 is 0 Å². The van der Waals surface area contributed by atoms with Crippen molar-refractivity contribution in [3.63, 3.8) is 0 Å². The van der Waals surface area contributed by atoms with Gasteiger partial charge in [-0.2, -0.15) is 5.10 Å². The quantitative estimate of drug-likeness (QED) is 0.815. The van der Waals surface area contributed by atoms with Crippen molar-refractivity contribution in [2.24, 2.45) is 7.05 Å². The van der Waals surface area contributed by atoms with E-state index < -0.39 is 0 Å². The highest BCUT2D eigenvalue weighted by Gasteiger charge is 2.24. The average molecular weight is 371 g/mol. The zero-order valence-corrected chi connectivity index (χ0v) is 16.0. The lowest BCUT2D eigenvalue weighted by molar-refractivity contribution is -0.886. The summed E-state index contributed by atoms with van der Waals surface area (Å²) in [5.41, 5.74) is 2.64. The van der Waals surface area contributed by atoms with Crippen LogP contribution in [0.25, 0.3) is 0 Å². The molecule has 1 amide bonds. The van der Waals surface area contributed by atoms with E-state index in [2.05, 4.69) is 5.10 Å². The lowest BCUT2D eigenvalue weighted by atomic mass is 10.1. The standard InChI is InChI=1S/C20H26N4O3/c1-15-11-17(22(2)21-15)13-24(10-9-23-7-3-4-8-23)20(25)16-5-6-18-19(12-16)27-14-26-18/h5-6,11-12H,3-4,7-10,13-14H2,1-2H3/p+1. The molecule has 27 heavy (non-hydrogen) atoms. The Morgan fingerprint density at radius 2 is 2.00 bits per heavy atom. The second kappa shape index (κ2) is 7.60. The molecular formula is C20H27N4O3+. The minimum atomic E-state index is 0.0192. The van der Waals surface area contributed by atoms with E-state index in [1.807, 2.05) is 41.8 Å².